The molecule has 5 heteroatoms. The highest BCUT2D eigenvalue weighted by atomic mass is 35.5. The molecule has 130 valence electrons. The molecule has 0 saturated heterocycles. The van der Waals surface area contributed by atoms with Crippen LogP contribution >= 0.6 is 11.6 Å². The van der Waals surface area contributed by atoms with Crippen molar-refractivity contribution in [3.8, 4) is 5.75 Å². The quantitative estimate of drug-likeness (QED) is 0.783. The molecule has 4 nitrogen and oxygen atoms in total. The predicted molar refractivity (Wildman–Crippen MR) is 97.1 cm³/mol. The molecule has 2 aromatic rings. The summed E-state index contributed by atoms with van der Waals surface area (Å²) in [6.45, 7) is 0.562. The Morgan fingerprint density at radius 1 is 1.12 bits per heavy atom. The van der Waals surface area contributed by atoms with E-state index < -0.39 is 0 Å². The van der Waals surface area contributed by atoms with Crippen molar-refractivity contribution in [1.29, 1.82) is 0 Å². The molecule has 25 heavy (non-hydrogen) atoms. The minimum atomic E-state index is -0.0974. The Balaban J connectivity index is 1.51. The SMILES string of the molecule is O=C(CCCC(=O)c1ccccc1)NC1CCOc2ccc(Cl)cc21. The second-order valence-corrected chi connectivity index (χ2v) is 6.52. The molecule has 0 bridgehead atoms. The zero-order chi connectivity index (χ0) is 17.6. The van der Waals surface area contributed by atoms with E-state index in [4.69, 9.17) is 16.3 Å². The van der Waals surface area contributed by atoms with Crippen molar-refractivity contribution in [3.05, 3.63) is 64.7 Å². The third-order valence-corrected chi connectivity index (χ3v) is 4.49. The van der Waals surface area contributed by atoms with Crippen LogP contribution in [0.1, 0.15) is 47.6 Å². The molecule has 0 aromatic heterocycles. The van der Waals surface area contributed by atoms with Crippen LogP contribution in [0, 0.1) is 0 Å². The standard InChI is InChI=1S/C20H20ClNO3/c21-15-9-10-19-16(13-15)17(11-12-25-19)22-20(24)8-4-7-18(23)14-5-2-1-3-6-14/h1-3,5-6,9-10,13,17H,4,7-8,11-12H2,(H,22,24). The Hall–Kier alpha value is -2.33. The van der Waals surface area contributed by atoms with Crippen molar-refractivity contribution in [2.24, 2.45) is 0 Å². The van der Waals surface area contributed by atoms with E-state index in [-0.39, 0.29) is 17.7 Å². The minimum absolute atomic E-state index is 0.0568. The molecule has 1 N–H and O–H groups in total. The third-order valence-electron chi connectivity index (χ3n) is 4.25. The normalized spacial score (nSPS) is 15.8. The Bertz CT molecular complexity index is 761. The zero-order valence-corrected chi connectivity index (χ0v) is 14.6. The van der Waals surface area contributed by atoms with Gasteiger partial charge < -0.3 is 10.1 Å². The molecule has 1 aliphatic rings. The molecule has 1 heterocycles. The number of nitrogens with one attached hydrogen (secondary N) is 1. The Labute approximate surface area is 152 Å². The molecule has 1 unspecified atom stereocenters. The maximum Gasteiger partial charge on any atom is 0.220 e. The number of halogens is 1. The number of ether oxygens (including phenoxy) is 1. The molecule has 1 amide bonds. The van der Waals surface area contributed by atoms with E-state index in [0.29, 0.717) is 42.9 Å². The molecule has 0 aliphatic carbocycles. The number of rotatable bonds is 6. The lowest BCUT2D eigenvalue weighted by Crippen LogP contribution is -2.32. The number of carbonyl (C=O) groups excluding carboxylic acids is 2. The van der Waals surface area contributed by atoms with Crippen LogP contribution in [0.5, 0.6) is 5.75 Å². The highest BCUT2D eigenvalue weighted by molar-refractivity contribution is 6.30. The molecule has 0 radical (unpaired) electrons. The molecule has 0 spiro atoms. The molecule has 1 atom stereocenters. The topological polar surface area (TPSA) is 55.4 Å². The molecule has 3 rings (SSSR count). The summed E-state index contributed by atoms with van der Waals surface area (Å²) in [5.41, 5.74) is 1.60. The monoisotopic (exact) mass is 357 g/mol. The lowest BCUT2D eigenvalue weighted by molar-refractivity contribution is -0.122. The number of carbonyl (C=O) groups is 2. The number of benzene rings is 2. The van der Waals surface area contributed by atoms with Crippen LogP contribution in [0.3, 0.4) is 0 Å². The van der Waals surface area contributed by atoms with Crippen molar-refractivity contribution in [3.63, 3.8) is 0 Å². The van der Waals surface area contributed by atoms with Crippen LogP contribution in [0.4, 0.5) is 0 Å². The van der Waals surface area contributed by atoms with Crippen LogP contribution < -0.4 is 10.1 Å². The smallest absolute Gasteiger partial charge is 0.220 e. The maximum absolute atomic E-state index is 12.2. The van der Waals surface area contributed by atoms with Crippen molar-refractivity contribution >= 4 is 23.3 Å². The highest BCUT2D eigenvalue weighted by Gasteiger charge is 2.23. The maximum atomic E-state index is 12.2. The Morgan fingerprint density at radius 3 is 2.72 bits per heavy atom. The zero-order valence-electron chi connectivity index (χ0n) is 13.8. The summed E-state index contributed by atoms with van der Waals surface area (Å²) in [6, 6.07) is 14.5. The fraction of sp³-hybridized carbons (Fsp3) is 0.300. The van der Waals surface area contributed by atoms with Crippen molar-refractivity contribution in [1.82, 2.24) is 5.32 Å². The number of fused-ring (bicyclic) bond motifs is 1. The second kappa shape index (κ2) is 8.17. The van der Waals surface area contributed by atoms with Gasteiger partial charge in [-0.25, -0.2) is 0 Å². The van der Waals surface area contributed by atoms with Crippen LogP contribution in [0.25, 0.3) is 0 Å². The van der Waals surface area contributed by atoms with E-state index in [0.717, 1.165) is 11.3 Å². The first kappa shape index (κ1) is 17.5. The van der Waals surface area contributed by atoms with Crippen LogP contribution in [0.2, 0.25) is 5.02 Å². The van der Waals surface area contributed by atoms with Gasteiger partial charge in [0.15, 0.2) is 5.78 Å². The predicted octanol–water partition coefficient (Wildman–Crippen LogP) is 4.33. The summed E-state index contributed by atoms with van der Waals surface area (Å²) in [5.74, 6) is 0.774. The van der Waals surface area contributed by atoms with Crippen LogP contribution in [-0.4, -0.2) is 18.3 Å². The molecule has 0 saturated carbocycles. The number of hydrogen-bond donors (Lipinski definition) is 1. The molecule has 1 aliphatic heterocycles. The molecule has 2 aromatic carbocycles. The van der Waals surface area contributed by atoms with Crippen LogP contribution in [-0.2, 0) is 4.79 Å². The molecular formula is C20H20ClNO3. The van der Waals surface area contributed by atoms with Gasteiger partial charge in [-0.15, -0.1) is 0 Å². The molecular weight excluding hydrogens is 338 g/mol. The van der Waals surface area contributed by atoms with E-state index in [1.807, 2.05) is 30.3 Å². The first-order valence-corrected chi connectivity index (χ1v) is 8.81. The van der Waals surface area contributed by atoms with Gasteiger partial charge in [-0.3, -0.25) is 9.59 Å². The van der Waals surface area contributed by atoms with Gasteiger partial charge >= 0.3 is 0 Å². The second-order valence-electron chi connectivity index (χ2n) is 6.08. The van der Waals surface area contributed by atoms with E-state index in [1.165, 1.54) is 0 Å². The van der Waals surface area contributed by atoms with Gasteiger partial charge in [-0.1, -0.05) is 41.9 Å². The van der Waals surface area contributed by atoms with E-state index in [1.54, 1.807) is 18.2 Å². The fourth-order valence-corrected chi connectivity index (χ4v) is 3.14. The van der Waals surface area contributed by atoms with Gasteiger partial charge in [-0.2, -0.15) is 0 Å². The van der Waals surface area contributed by atoms with Gasteiger partial charge in [0.2, 0.25) is 5.91 Å². The van der Waals surface area contributed by atoms with E-state index in [2.05, 4.69) is 5.32 Å². The number of ketones is 1. The molecule has 0 fully saturated rings. The van der Waals surface area contributed by atoms with Gasteiger partial charge in [0.05, 0.1) is 12.6 Å². The summed E-state index contributed by atoms with van der Waals surface area (Å²) in [6.07, 6.45) is 1.94. The summed E-state index contributed by atoms with van der Waals surface area (Å²) in [7, 11) is 0. The van der Waals surface area contributed by atoms with Crippen LogP contribution in [0.15, 0.2) is 48.5 Å². The minimum Gasteiger partial charge on any atom is -0.493 e. The summed E-state index contributed by atoms with van der Waals surface area (Å²) in [4.78, 5) is 24.3. The van der Waals surface area contributed by atoms with E-state index >= 15 is 0 Å². The lowest BCUT2D eigenvalue weighted by Gasteiger charge is -2.27. The first-order valence-electron chi connectivity index (χ1n) is 8.43. The number of amides is 1. The lowest BCUT2D eigenvalue weighted by atomic mass is 10.00. The summed E-state index contributed by atoms with van der Waals surface area (Å²) < 4.78 is 5.60. The van der Waals surface area contributed by atoms with Crippen molar-refractivity contribution in [2.75, 3.05) is 6.61 Å². The Kier molecular flexibility index (Phi) is 5.71. The first-order chi connectivity index (χ1) is 12.1. The average Bonchev–Trinajstić information content (AvgIpc) is 2.63. The van der Waals surface area contributed by atoms with Gasteiger partial charge in [0, 0.05) is 35.4 Å². The van der Waals surface area contributed by atoms with Crippen molar-refractivity contribution in [2.45, 2.75) is 31.7 Å². The Morgan fingerprint density at radius 2 is 1.92 bits per heavy atom. The highest BCUT2D eigenvalue weighted by Crippen LogP contribution is 2.34. The summed E-state index contributed by atoms with van der Waals surface area (Å²) in [5, 5.41) is 3.65. The van der Waals surface area contributed by atoms with E-state index in [9.17, 15) is 9.59 Å². The average molecular weight is 358 g/mol. The van der Waals surface area contributed by atoms with Gasteiger partial charge in [0.1, 0.15) is 5.75 Å². The largest absolute Gasteiger partial charge is 0.493 e. The summed E-state index contributed by atoms with van der Waals surface area (Å²) >= 11 is 6.05. The van der Waals surface area contributed by atoms with Gasteiger partial charge in [-0.05, 0) is 24.6 Å². The number of hydrogen-bond acceptors (Lipinski definition) is 3. The number of Topliss-reactive ketones (excluding diaryl/α,β-unsaturated/α-hetero) is 1. The van der Waals surface area contributed by atoms with Gasteiger partial charge in [0.25, 0.3) is 0 Å². The fourth-order valence-electron chi connectivity index (χ4n) is 2.96. The third kappa shape index (κ3) is 4.60. The van der Waals surface area contributed by atoms with Crippen molar-refractivity contribution < 1.29 is 14.3 Å².